The fourth-order valence-corrected chi connectivity index (χ4v) is 1.86. The highest BCUT2D eigenvalue weighted by atomic mass is 19.1. The number of methoxy groups -OCH3 is 1. The normalized spacial score (nSPS) is 10.2. The number of benzene rings is 1. The zero-order valence-corrected chi connectivity index (χ0v) is 11.7. The van der Waals surface area contributed by atoms with Crippen molar-refractivity contribution in [1.29, 1.82) is 0 Å². The van der Waals surface area contributed by atoms with Crippen LogP contribution in [0.25, 0.3) is 0 Å². The van der Waals surface area contributed by atoms with Crippen LogP contribution in [0.15, 0.2) is 41.3 Å². The number of rotatable bonds is 4. The van der Waals surface area contributed by atoms with Gasteiger partial charge >= 0.3 is 0 Å². The van der Waals surface area contributed by atoms with Gasteiger partial charge < -0.3 is 14.6 Å². The molecule has 0 fully saturated rings. The Morgan fingerprint density at radius 1 is 1.38 bits per heavy atom. The van der Waals surface area contributed by atoms with Gasteiger partial charge in [-0.1, -0.05) is 18.2 Å². The Morgan fingerprint density at radius 3 is 2.76 bits per heavy atom. The molecule has 0 radical (unpaired) electrons. The van der Waals surface area contributed by atoms with Crippen molar-refractivity contribution in [3.05, 3.63) is 63.8 Å². The topological polar surface area (TPSA) is 60.3 Å². The first kappa shape index (κ1) is 14.8. The molecule has 21 heavy (non-hydrogen) atoms. The molecule has 0 bridgehead atoms. The highest BCUT2D eigenvalue weighted by Gasteiger charge is 2.14. The highest BCUT2D eigenvalue weighted by Crippen LogP contribution is 2.15. The number of pyridine rings is 1. The quantitative estimate of drug-likeness (QED) is 0.927. The predicted molar refractivity (Wildman–Crippen MR) is 75.8 cm³/mol. The van der Waals surface area contributed by atoms with E-state index in [0.29, 0.717) is 5.56 Å². The first-order valence-electron chi connectivity index (χ1n) is 6.29. The largest absolute Gasteiger partial charge is 0.496 e. The molecule has 1 heterocycles. The van der Waals surface area contributed by atoms with Gasteiger partial charge in [0.1, 0.15) is 11.6 Å². The van der Waals surface area contributed by atoms with Gasteiger partial charge in [-0.25, -0.2) is 4.39 Å². The smallest absolute Gasteiger partial charge is 0.256 e. The monoisotopic (exact) mass is 290 g/mol. The van der Waals surface area contributed by atoms with E-state index in [9.17, 15) is 14.0 Å². The summed E-state index contributed by atoms with van der Waals surface area (Å²) >= 11 is 0. The van der Waals surface area contributed by atoms with Crippen molar-refractivity contribution in [2.24, 2.45) is 7.05 Å². The van der Waals surface area contributed by atoms with Crippen LogP contribution in [0.1, 0.15) is 15.9 Å². The van der Waals surface area contributed by atoms with Crippen LogP contribution in [0.2, 0.25) is 0 Å². The minimum absolute atomic E-state index is 0.0531. The Hall–Kier alpha value is -2.63. The number of hydrogen-bond acceptors (Lipinski definition) is 3. The molecule has 0 aliphatic carbocycles. The first-order valence-corrected chi connectivity index (χ1v) is 6.29. The van der Waals surface area contributed by atoms with E-state index in [1.54, 1.807) is 18.2 Å². The van der Waals surface area contributed by atoms with Crippen LogP contribution in [-0.2, 0) is 13.6 Å². The summed E-state index contributed by atoms with van der Waals surface area (Å²) in [5.74, 6) is -0.639. The summed E-state index contributed by atoms with van der Waals surface area (Å²) in [6, 6.07) is 7.42. The minimum Gasteiger partial charge on any atom is -0.496 e. The molecule has 0 aliphatic rings. The van der Waals surface area contributed by atoms with Crippen molar-refractivity contribution in [2.75, 3.05) is 7.11 Å². The van der Waals surface area contributed by atoms with Gasteiger partial charge in [-0.15, -0.1) is 0 Å². The number of carbonyl (C=O) groups excluding carboxylic acids is 1. The second-order valence-electron chi connectivity index (χ2n) is 4.48. The van der Waals surface area contributed by atoms with E-state index >= 15 is 0 Å². The van der Waals surface area contributed by atoms with Gasteiger partial charge in [-0.05, 0) is 6.07 Å². The maximum absolute atomic E-state index is 13.5. The lowest BCUT2D eigenvalue weighted by Crippen LogP contribution is -2.26. The standard InChI is InChI=1S/C15H15FN2O3/c1-18-9-11(13(21-2)7-14(18)19)15(20)17-8-10-5-3-4-6-12(10)16/h3-7,9H,8H2,1-2H3,(H,17,20). The zero-order valence-electron chi connectivity index (χ0n) is 11.7. The SMILES string of the molecule is COc1cc(=O)n(C)cc1C(=O)NCc1ccccc1F. The summed E-state index contributed by atoms with van der Waals surface area (Å²) < 4.78 is 19.8. The molecular weight excluding hydrogens is 275 g/mol. The van der Waals surface area contributed by atoms with Crippen molar-refractivity contribution in [1.82, 2.24) is 9.88 Å². The van der Waals surface area contributed by atoms with Crippen LogP contribution in [0.5, 0.6) is 5.75 Å². The third-order valence-corrected chi connectivity index (χ3v) is 3.05. The van der Waals surface area contributed by atoms with Crippen molar-refractivity contribution in [3.63, 3.8) is 0 Å². The Morgan fingerprint density at radius 2 is 2.10 bits per heavy atom. The van der Waals surface area contributed by atoms with Crippen LogP contribution < -0.4 is 15.6 Å². The van der Waals surface area contributed by atoms with Crippen LogP contribution in [0.3, 0.4) is 0 Å². The Labute approximate surface area is 121 Å². The second kappa shape index (κ2) is 6.21. The second-order valence-corrected chi connectivity index (χ2v) is 4.48. The Bertz CT molecular complexity index is 725. The lowest BCUT2D eigenvalue weighted by molar-refractivity contribution is 0.0946. The molecule has 1 aromatic heterocycles. The number of nitrogens with one attached hydrogen (secondary N) is 1. The van der Waals surface area contributed by atoms with E-state index in [1.807, 2.05) is 0 Å². The molecule has 5 nitrogen and oxygen atoms in total. The number of ether oxygens (including phenoxy) is 1. The summed E-state index contributed by atoms with van der Waals surface area (Å²) in [4.78, 5) is 23.6. The van der Waals surface area contributed by atoms with Crippen molar-refractivity contribution >= 4 is 5.91 Å². The van der Waals surface area contributed by atoms with Crippen LogP contribution in [0.4, 0.5) is 4.39 Å². The molecule has 1 amide bonds. The van der Waals surface area contributed by atoms with Crippen LogP contribution in [-0.4, -0.2) is 17.6 Å². The van der Waals surface area contributed by atoms with Crippen molar-refractivity contribution in [2.45, 2.75) is 6.54 Å². The summed E-state index contributed by atoms with van der Waals surface area (Å²) in [6.07, 6.45) is 1.39. The van der Waals surface area contributed by atoms with E-state index < -0.39 is 5.91 Å². The maximum atomic E-state index is 13.5. The number of amides is 1. The molecule has 110 valence electrons. The first-order chi connectivity index (χ1) is 10.0. The van der Waals surface area contributed by atoms with E-state index in [1.165, 1.54) is 37.1 Å². The molecule has 2 rings (SSSR count). The van der Waals surface area contributed by atoms with Gasteiger partial charge in [0.15, 0.2) is 0 Å². The molecule has 1 aromatic carbocycles. The minimum atomic E-state index is -0.439. The average molecular weight is 290 g/mol. The van der Waals surface area contributed by atoms with Gasteiger partial charge in [0.2, 0.25) is 0 Å². The maximum Gasteiger partial charge on any atom is 0.256 e. The van der Waals surface area contributed by atoms with Crippen LogP contribution in [0, 0.1) is 5.82 Å². The fraction of sp³-hybridized carbons (Fsp3) is 0.200. The number of halogens is 1. The van der Waals surface area contributed by atoms with E-state index in [0.717, 1.165) is 0 Å². The number of nitrogens with zero attached hydrogens (tertiary/aromatic N) is 1. The average Bonchev–Trinajstić information content (AvgIpc) is 2.48. The van der Waals surface area contributed by atoms with E-state index in [4.69, 9.17) is 4.74 Å². The lowest BCUT2D eigenvalue weighted by atomic mass is 10.2. The summed E-state index contributed by atoms with van der Waals surface area (Å²) in [5.41, 5.74) is 0.322. The highest BCUT2D eigenvalue weighted by molar-refractivity contribution is 5.96. The summed E-state index contributed by atoms with van der Waals surface area (Å²) in [7, 11) is 2.91. The van der Waals surface area contributed by atoms with Crippen LogP contribution >= 0.6 is 0 Å². The number of hydrogen-bond donors (Lipinski definition) is 1. The molecule has 6 heteroatoms. The molecule has 2 aromatic rings. The third kappa shape index (κ3) is 3.28. The molecule has 0 saturated heterocycles. The molecule has 0 atom stereocenters. The number of carbonyl (C=O) groups is 1. The van der Waals surface area contributed by atoms with Gasteiger partial charge in [0.05, 0.1) is 12.7 Å². The zero-order chi connectivity index (χ0) is 15.4. The fourth-order valence-electron chi connectivity index (χ4n) is 1.86. The number of aryl methyl sites for hydroxylation is 1. The molecule has 0 aliphatic heterocycles. The van der Waals surface area contributed by atoms with Gasteiger partial charge in [0.25, 0.3) is 11.5 Å². The van der Waals surface area contributed by atoms with Gasteiger partial charge in [-0.3, -0.25) is 9.59 Å². The predicted octanol–water partition coefficient (Wildman–Crippen LogP) is 1.46. The van der Waals surface area contributed by atoms with Crippen molar-refractivity contribution in [3.8, 4) is 5.75 Å². The van der Waals surface area contributed by atoms with E-state index in [2.05, 4.69) is 5.32 Å². The molecule has 0 unspecified atom stereocenters. The molecule has 0 spiro atoms. The summed E-state index contributed by atoms with van der Waals surface area (Å²) in [6.45, 7) is 0.0531. The summed E-state index contributed by atoms with van der Waals surface area (Å²) in [5, 5.41) is 2.60. The Balaban J connectivity index is 2.19. The van der Waals surface area contributed by atoms with Gasteiger partial charge in [-0.2, -0.15) is 0 Å². The molecular formula is C15H15FN2O3. The molecule has 0 saturated carbocycles. The van der Waals surface area contributed by atoms with E-state index in [-0.39, 0.29) is 29.2 Å². The Kier molecular flexibility index (Phi) is 4.37. The van der Waals surface area contributed by atoms with Crippen molar-refractivity contribution < 1.29 is 13.9 Å². The third-order valence-electron chi connectivity index (χ3n) is 3.05. The lowest BCUT2D eigenvalue weighted by Gasteiger charge is -2.11. The van der Waals surface area contributed by atoms with Gasteiger partial charge in [0, 0.05) is 31.4 Å². The number of aromatic nitrogens is 1. The molecule has 1 N–H and O–H groups in total.